The topological polar surface area (TPSA) is 127 Å². The van der Waals surface area contributed by atoms with Crippen LogP contribution in [0, 0.1) is 0 Å². The summed E-state index contributed by atoms with van der Waals surface area (Å²) < 4.78 is 35.9. The highest BCUT2D eigenvalue weighted by Gasteiger charge is 2.31. The van der Waals surface area contributed by atoms with Gasteiger partial charge in [-0.15, -0.1) is 11.3 Å². The van der Waals surface area contributed by atoms with E-state index in [1.165, 1.54) is 11.3 Å². The van der Waals surface area contributed by atoms with Crippen molar-refractivity contribution in [2.45, 2.75) is 17.4 Å². The van der Waals surface area contributed by atoms with E-state index in [1.807, 2.05) is 24.3 Å². The zero-order chi connectivity index (χ0) is 25.3. The summed E-state index contributed by atoms with van der Waals surface area (Å²) in [5, 5.41) is 5.64. The average Bonchev–Trinajstić information content (AvgIpc) is 3.31. The maximum absolute atomic E-state index is 13.5. The predicted octanol–water partition coefficient (Wildman–Crippen LogP) is 2.36. The van der Waals surface area contributed by atoms with Crippen LogP contribution in [0.2, 0.25) is 0 Å². The molecule has 1 aliphatic rings. The minimum atomic E-state index is -4.00. The van der Waals surface area contributed by atoms with Crippen LogP contribution in [0.4, 0.5) is 5.82 Å². The fourth-order valence-corrected chi connectivity index (χ4v) is 6.71. The molecule has 0 radical (unpaired) electrons. The van der Waals surface area contributed by atoms with Gasteiger partial charge in [-0.1, -0.05) is 12.1 Å². The lowest BCUT2D eigenvalue weighted by Gasteiger charge is -2.31. The molecule has 1 atom stereocenters. The number of fused-ring (bicyclic) bond motifs is 2. The number of methoxy groups -OCH3 is 1. The Morgan fingerprint density at radius 1 is 1.17 bits per heavy atom. The lowest BCUT2D eigenvalue weighted by molar-refractivity contribution is -0.133. The Labute approximate surface area is 213 Å². The van der Waals surface area contributed by atoms with Crippen LogP contribution < -0.4 is 20.5 Å². The maximum atomic E-state index is 13.5. The van der Waals surface area contributed by atoms with E-state index in [1.54, 1.807) is 42.5 Å². The molecule has 0 saturated carbocycles. The number of anilines is 1. The third-order valence-electron chi connectivity index (χ3n) is 6.29. The van der Waals surface area contributed by atoms with Crippen LogP contribution in [0.3, 0.4) is 0 Å². The summed E-state index contributed by atoms with van der Waals surface area (Å²) in [5.74, 6) is 0.800. The number of ether oxygens (including phenoxy) is 1. The number of benzene rings is 2. The highest BCUT2D eigenvalue weighted by molar-refractivity contribution is 7.89. The Morgan fingerprint density at radius 3 is 2.69 bits per heavy atom. The van der Waals surface area contributed by atoms with Gasteiger partial charge in [0.1, 0.15) is 17.6 Å². The number of hydrogen-bond donors (Lipinski definition) is 3. The third-order valence-corrected chi connectivity index (χ3v) is 8.88. The number of nitrogens with one attached hydrogen (secondary N) is 2. The molecule has 1 fully saturated rings. The summed E-state index contributed by atoms with van der Waals surface area (Å²) in [6.45, 7) is 2.39. The van der Waals surface area contributed by atoms with E-state index in [0.29, 0.717) is 37.7 Å². The summed E-state index contributed by atoms with van der Waals surface area (Å²) in [6.07, 6.45) is 1.85. The number of aromatic nitrogens is 1. The number of carbonyl (C=O) groups is 1. The number of nitrogens with two attached hydrogens (primary N) is 1. The standard InChI is InChI=1S/C25H27N5O4S2/c1-34-18-4-2-16-3-5-20(13-17(16)12-18)36(32,33)29-22(25(31)30-10-8-27-9-11-30)15-19-14-21-23(35-19)6-7-28-24(21)26/h2-7,12-14,22,27,29H,8-11,15H2,1H3,(H2,26,28). The molecule has 188 valence electrons. The minimum absolute atomic E-state index is 0.0890. The number of pyridine rings is 1. The molecule has 2 aromatic carbocycles. The quantitative estimate of drug-likeness (QED) is 0.338. The lowest BCUT2D eigenvalue weighted by atomic mass is 10.1. The molecule has 1 amide bonds. The van der Waals surface area contributed by atoms with Gasteiger partial charge in [0.15, 0.2) is 0 Å². The van der Waals surface area contributed by atoms with Crippen molar-refractivity contribution in [1.29, 1.82) is 0 Å². The molecule has 2 aromatic heterocycles. The maximum Gasteiger partial charge on any atom is 0.241 e. The van der Waals surface area contributed by atoms with E-state index in [2.05, 4.69) is 15.0 Å². The molecule has 3 heterocycles. The number of sulfonamides is 1. The van der Waals surface area contributed by atoms with Crippen molar-refractivity contribution in [2.75, 3.05) is 39.0 Å². The lowest BCUT2D eigenvalue weighted by Crippen LogP contribution is -2.54. The molecule has 5 rings (SSSR count). The van der Waals surface area contributed by atoms with Gasteiger partial charge in [0.05, 0.1) is 12.0 Å². The second-order valence-electron chi connectivity index (χ2n) is 8.65. The number of carbonyl (C=O) groups excluding carboxylic acids is 1. The number of nitrogen functional groups attached to an aromatic ring is 1. The van der Waals surface area contributed by atoms with Crippen LogP contribution in [0.5, 0.6) is 5.75 Å². The molecule has 0 bridgehead atoms. The molecule has 4 N–H and O–H groups in total. The van der Waals surface area contributed by atoms with Gasteiger partial charge in [-0.2, -0.15) is 4.72 Å². The highest BCUT2D eigenvalue weighted by Crippen LogP contribution is 2.30. The number of amides is 1. The molecular weight excluding hydrogens is 498 g/mol. The fraction of sp³-hybridized carbons (Fsp3) is 0.280. The first-order chi connectivity index (χ1) is 17.3. The van der Waals surface area contributed by atoms with Gasteiger partial charge >= 0.3 is 0 Å². The Kier molecular flexibility index (Phi) is 6.80. The molecule has 9 nitrogen and oxygen atoms in total. The normalized spacial score (nSPS) is 15.3. The Hall–Kier alpha value is -3.25. The van der Waals surface area contributed by atoms with Crippen LogP contribution in [-0.2, 0) is 21.2 Å². The van der Waals surface area contributed by atoms with Crippen molar-refractivity contribution in [1.82, 2.24) is 19.9 Å². The fourth-order valence-electron chi connectivity index (χ4n) is 4.38. The van der Waals surface area contributed by atoms with E-state index < -0.39 is 16.1 Å². The van der Waals surface area contributed by atoms with Gasteiger partial charge < -0.3 is 20.7 Å². The van der Waals surface area contributed by atoms with E-state index >= 15 is 0 Å². The second-order valence-corrected chi connectivity index (χ2v) is 11.5. The first-order valence-electron chi connectivity index (χ1n) is 11.6. The molecule has 0 aliphatic carbocycles. The molecule has 11 heteroatoms. The number of nitrogens with zero attached hydrogens (tertiary/aromatic N) is 2. The van der Waals surface area contributed by atoms with Crippen LogP contribution in [0.25, 0.3) is 20.9 Å². The molecule has 36 heavy (non-hydrogen) atoms. The summed E-state index contributed by atoms with van der Waals surface area (Å²) in [5.41, 5.74) is 6.01. The summed E-state index contributed by atoms with van der Waals surface area (Å²) in [7, 11) is -2.44. The minimum Gasteiger partial charge on any atom is -0.497 e. The third kappa shape index (κ3) is 5.00. The van der Waals surface area contributed by atoms with Crippen molar-refractivity contribution in [2.24, 2.45) is 0 Å². The van der Waals surface area contributed by atoms with E-state index in [4.69, 9.17) is 10.5 Å². The smallest absolute Gasteiger partial charge is 0.241 e. The first-order valence-corrected chi connectivity index (χ1v) is 13.9. The molecule has 1 unspecified atom stereocenters. The number of piperazine rings is 1. The van der Waals surface area contributed by atoms with Crippen molar-refractivity contribution >= 4 is 53.9 Å². The number of hydrogen-bond acceptors (Lipinski definition) is 8. The van der Waals surface area contributed by atoms with Crippen molar-refractivity contribution in [3.63, 3.8) is 0 Å². The number of rotatable bonds is 7. The highest BCUT2D eigenvalue weighted by atomic mass is 32.2. The van der Waals surface area contributed by atoms with Gasteiger partial charge in [0, 0.05) is 53.8 Å². The monoisotopic (exact) mass is 525 g/mol. The van der Waals surface area contributed by atoms with Crippen LogP contribution >= 0.6 is 11.3 Å². The summed E-state index contributed by atoms with van der Waals surface area (Å²) >= 11 is 1.48. The van der Waals surface area contributed by atoms with Crippen molar-refractivity contribution in [3.05, 3.63) is 59.6 Å². The van der Waals surface area contributed by atoms with Gasteiger partial charge in [0.2, 0.25) is 15.9 Å². The zero-order valence-electron chi connectivity index (χ0n) is 19.7. The van der Waals surface area contributed by atoms with E-state index in [-0.39, 0.29) is 17.2 Å². The average molecular weight is 526 g/mol. The summed E-state index contributed by atoms with van der Waals surface area (Å²) in [4.78, 5) is 20.3. The van der Waals surface area contributed by atoms with E-state index in [9.17, 15) is 13.2 Å². The number of thiophene rings is 1. The Balaban J connectivity index is 1.47. The Bertz CT molecular complexity index is 1530. The van der Waals surface area contributed by atoms with Crippen molar-refractivity contribution < 1.29 is 17.9 Å². The molecule has 1 aliphatic heterocycles. The first kappa shape index (κ1) is 24.4. The van der Waals surface area contributed by atoms with Crippen molar-refractivity contribution in [3.8, 4) is 5.75 Å². The second kappa shape index (κ2) is 10.0. The molecular formula is C25H27N5O4S2. The zero-order valence-corrected chi connectivity index (χ0v) is 21.4. The largest absolute Gasteiger partial charge is 0.497 e. The SMILES string of the molecule is COc1ccc2ccc(S(=O)(=O)NC(Cc3cc4c(N)nccc4s3)C(=O)N3CCNCC3)cc2c1. The van der Waals surface area contributed by atoms with Gasteiger partial charge in [0.25, 0.3) is 0 Å². The van der Waals surface area contributed by atoms with Gasteiger partial charge in [-0.05, 0) is 47.2 Å². The molecule has 0 spiro atoms. The van der Waals surface area contributed by atoms with Crippen LogP contribution in [0.15, 0.2) is 59.6 Å². The van der Waals surface area contributed by atoms with Crippen LogP contribution in [-0.4, -0.2) is 63.5 Å². The summed E-state index contributed by atoms with van der Waals surface area (Å²) in [6, 6.07) is 13.2. The Morgan fingerprint density at radius 2 is 1.94 bits per heavy atom. The molecule has 4 aromatic rings. The van der Waals surface area contributed by atoms with E-state index in [0.717, 1.165) is 25.7 Å². The predicted molar refractivity (Wildman–Crippen MR) is 142 cm³/mol. The van der Waals surface area contributed by atoms with Gasteiger partial charge in [-0.3, -0.25) is 4.79 Å². The van der Waals surface area contributed by atoms with Crippen LogP contribution in [0.1, 0.15) is 4.88 Å². The molecule has 1 saturated heterocycles. The van der Waals surface area contributed by atoms with Gasteiger partial charge in [-0.25, -0.2) is 13.4 Å².